The zero-order valence-corrected chi connectivity index (χ0v) is 79.8. The molecule has 0 unspecified atom stereocenters. The maximum Gasteiger partial charge on any atom is 0.296 e. The topological polar surface area (TPSA) is 381 Å². The lowest BCUT2D eigenvalue weighted by atomic mass is 9.90. The van der Waals surface area contributed by atoms with Gasteiger partial charge in [0.2, 0.25) is 23.8 Å². The summed E-state index contributed by atoms with van der Waals surface area (Å²) in [7, 11) is 5.61. The molecular weight excluding hydrogens is 1760 g/mol. The van der Waals surface area contributed by atoms with Crippen molar-refractivity contribution in [1.29, 1.82) is 0 Å². The van der Waals surface area contributed by atoms with Crippen LogP contribution >= 0.6 is 45.3 Å². The van der Waals surface area contributed by atoms with Gasteiger partial charge in [-0.1, -0.05) is 54.8 Å². The summed E-state index contributed by atoms with van der Waals surface area (Å²) < 4.78 is 62.7. The summed E-state index contributed by atoms with van der Waals surface area (Å²) in [6.07, 6.45) is 37.5. The normalized spacial score (nSPS) is 23.7. The van der Waals surface area contributed by atoms with E-state index in [9.17, 15) is 8.78 Å². The highest BCUT2D eigenvalue weighted by Crippen LogP contribution is 2.46. The molecule has 0 bridgehead atoms. The molecule has 0 atom stereocenters. The van der Waals surface area contributed by atoms with Crippen LogP contribution in [-0.4, -0.2) is 285 Å². The van der Waals surface area contributed by atoms with Crippen LogP contribution in [0.5, 0.6) is 0 Å². The van der Waals surface area contributed by atoms with Gasteiger partial charge >= 0.3 is 0 Å². The van der Waals surface area contributed by atoms with E-state index in [2.05, 4.69) is 123 Å². The fourth-order valence-corrected chi connectivity index (χ4v) is 22.9. The number of nitrogens with one attached hydrogen (secondary N) is 8. The van der Waals surface area contributed by atoms with Gasteiger partial charge in [0.15, 0.2) is 47.6 Å². The number of anilines is 12. The Kier molecular flexibility index (Phi) is 29.1. The van der Waals surface area contributed by atoms with Gasteiger partial charge in [0.05, 0.1) is 117 Å². The number of thiazole rings is 4. The molecular formula is C89H124F2N32O5S4. The van der Waals surface area contributed by atoms with Crippen molar-refractivity contribution in [1.82, 2.24) is 119 Å². The van der Waals surface area contributed by atoms with Gasteiger partial charge < -0.3 is 66.2 Å². The van der Waals surface area contributed by atoms with Gasteiger partial charge in [0.25, 0.3) is 5.92 Å². The number of alkyl halides is 2. The number of halogens is 2. The third kappa shape index (κ3) is 23.4. The van der Waals surface area contributed by atoms with Crippen LogP contribution in [0, 0.1) is 0 Å². The smallest absolute Gasteiger partial charge is 0.296 e. The van der Waals surface area contributed by atoms with Gasteiger partial charge in [-0.15, -0.1) is 11.3 Å². The first kappa shape index (κ1) is 91.7. The summed E-state index contributed by atoms with van der Waals surface area (Å²) >= 11 is 5.80. The highest BCUT2D eigenvalue weighted by molar-refractivity contribution is 7.19. The molecule has 132 heavy (non-hydrogen) atoms. The van der Waals surface area contributed by atoms with Crippen molar-refractivity contribution >= 4 is 157 Å². The molecule has 0 radical (unpaired) electrons. The maximum atomic E-state index is 14.0. The summed E-state index contributed by atoms with van der Waals surface area (Å²) in [6, 6.07) is 4.42. The summed E-state index contributed by atoms with van der Waals surface area (Å²) in [5, 5.41) is 46.9. The summed E-state index contributed by atoms with van der Waals surface area (Å²) in [5.41, 5.74) is 8.22. The molecule has 22 rings (SSSR count). The van der Waals surface area contributed by atoms with E-state index in [-0.39, 0.29) is 16.5 Å². The summed E-state index contributed by atoms with van der Waals surface area (Å²) in [5.74, 6) is 2.66. The zero-order valence-electron chi connectivity index (χ0n) is 76.5. The molecule has 0 spiro atoms. The fraction of sp³-hybridized carbons (Fsp3) is 0.640. The standard InChI is InChI=1S/C23H32N8O2S.C23H34N8OS.C22H30N8OS.C21H28F2N8OS/c1-3-18(30-7-11-33-12-8-30)4-2-16(1)26-21-20-22(34-15-24-20)29-23(28-21)27-17-13-25-31(14-17)19-5-9-32-10-6-19;1-23(2,3)21-27-18-19(25-15-5-7-17(8-6-15)31-9-11-32-12-10-31)28-22(29-20(18)33-21)26-16-13-24-30(4)14-16;1-29-13-16(12-23-29)25-22-27-19(18-21(28-22)32-20(26-18)14-2-3-14)24-15-4-6-17(7-5-15)30-8-10-31-11-9-30;1-21(22,23)19-27-16-17(25-13-3-5-15(6-4-13)31-7-9-32-10-8-31)28-20(29-18(16)33-19)26-14-11-24-30(2)12-14/h13-16,18-19H,1-12H2,(H2,26,27,28,29);13-15,17H,5-12H2,1-4H3,(H2,25,26,28,29);12-15,17H,2-11H2,1H3,(H2,24,25,27,28);11-13,15H,3-10H2,1-2H3,(H2,25,26,28,29). The van der Waals surface area contributed by atoms with E-state index in [1.165, 1.54) is 67.7 Å². The number of rotatable bonds is 23. The van der Waals surface area contributed by atoms with Gasteiger partial charge in [-0.3, -0.25) is 38.3 Å². The Morgan fingerprint density at radius 3 is 1.02 bits per heavy atom. The molecule has 12 aromatic rings. The Morgan fingerprint density at radius 1 is 0.333 bits per heavy atom. The Balaban J connectivity index is 0.000000114. The van der Waals surface area contributed by atoms with E-state index >= 15 is 0 Å². The van der Waals surface area contributed by atoms with Crippen LogP contribution in [0.3, 0.4) is 0 Å². The molecule has 5 saturated heterocycles. The number of aromatic nitrogens is 20. The molecule has 10 fully saturated rings. The minimum absolute atomic E-state index is 0.0319. The Hall–Kier alpha value is -9.38. The van der Waals surface area contributed by atoms with Crippen molar-refractivity contribution < 1.29 is 32.5 Å². The number of ether oxygens (including phenoxy) is 5. The largest absolute Gasteiger partial charge is 0.381 e. The van der Waals surface area contributed by atoms with E-state index in [0.717, 1.165) is 290 Å². The molecule has 10 aliphatic rings. The number of nitrogens with zero attached hydrogens (tertiary/aromatic N) is 24. The minimum atomic E-state index is -3.03. The quantitative estimate of drug-likeness (QED) is 0.0295. The second-order valence-corrected chi connectivity index (χ2v) is 41.3. The molecule has 12 aromatic heterocycles. The summed E-state index contributed by atoms with van der Waals surface area (Å²) in [4.78, 5) is 70.0. The predicted octanol–water partition coefficient (Wildman–Crippen LogP) is 14.6. The van der Waals surface area contributed by atoms with Crippen LogP contribution < -0.4 is 42.5 Å². The first-order chi connectivity index (χ1) is 64.2. The number of aryl methyl sites for hydroxylation is 3. The Labute approximate surface area is 782 Å². The fourth-order valence-electron chi connectivity index (χ4n) is 19.3. The van der Waals surface area contributed by atoms with Gasteiger partial charge in [-0.05, 0) is 128 Å². The van der Waals surface area contributed by atoms with Gasteiger partial charge in [0.1, 0.15) is 27.1 Å². The molecule has 8 N–H and O–H groups in total. The highest BCUT2D eigenvalue weighted by atomic mass is 32.1. The van der Waals surface area contributed by atoms with Crippen molar-refractivity contribution in [3.63, 3.8) is 0 Å². The van der Waals surface area contributed by atoms with E-state index < -0.39 is 5.92 Å². The van der Waals surface area contributed by atoms with Crippen LogP contribution in [0.15, 0.2) is 55.1 Å². The van der Waals surface area contributed by atoms with Crippen LogP contribution in [0.2, 0.25) is 0 Å². The molecule has 5 saturated carbocycles. The average Bonchev–Trinajstić information content (AvgIpc) is 1.58. The second-order valence-electron chi connectivity index (χ2n) is 37.5. The zero-order chi connectivity index (χ0) is 90.2. The van der Waals surface area contributed by atoms with Crippen LogP contribution in [0.1, 0.15) is 183 Å². The lowest BCUT2D eigenvalue weighted by Crippen LogP contribution is -2.46. The Bertz CT molecular complexity index is 5570. The average molecular weight is 1890 g/mol. The summed E-state index contributed by atoms with van der Waals surface area (Å²) in [6.45, 7) is 24.2. The highest BCUT2D eigenvalue weighted by Gasteiger charge is 2.37. The molecule has 708 valence electrons. The second kappa shape index (κ2) is 41.9. The SMILES string of the molecule is Cn1cc(Nc2nc(NC3CCC(N4CCOCC4)CC3)c3nc(C(C)(C)C)sc3n2)cn1.Cn1cc(Nc2nc(NC3CCC(N4CCOCC4)CC3)c3nc(C(C)(F)F)sc3n2)cn1.Cn1cc(Nc2nc(NC3CCC(N4CCOCC4)CC3)c3nc(C4CC4)sc3n2)cn1.c1nc2c(NC3CCC(N4CCOCC4)CC3)nc(Nc3cnn(C4CCOCC4)c3)nc2s1. The first-order valence-corrected chi connectivity index (χ1v) is 50.6. The molecule has 5 aliphatic heterocycles. The third-order valence-electron chi connectivity index (χ3n) is 26.6. The monoisotopic (exact) mass is 1890 g/mol. The van der Waals surface area contributed by atoms with Crippen LogP contribution in [0.4, 0.5) is 78.6 Å². The van der Waals surface area contributed by atoms with Crippen molar-refractivity contribution in [2.45, 2.75) is 228 Å². The van der Waals surface area contributed by atoms with Gasteiger partial charge in [-0.2, -0.15) is 69.0 Å². The van der Waals surface area contributed by atoms with Crippen molar-refractivity contribution in [2.75, 3.05) is 161 Å². The molecule has 5 aliphatic carbocycles. The van der Waals surface area contributed by atoms with Gasteiger partial charge in [-0.25, -0.2) is 19.9 Å². The van der Waals surface area contributed by atoms with Crippen molar-refractivity contribution in [3.05, 3.63) is 70.1 Å². The first-order valence-electron chi connectivity index (χ1n) is 47.3. The van der Waals surface area contributed by atoms with Gasteiger partial charge in [0, 0.05) is 178 Å². The minimum Gasteiger partial charge on any atom is -0.381 e. The maximum absolute atomic E-state index is 14.0. The molecule has 0 aromatic carbocycles. The number of hydrogen-bond donors (Lipinski definition) is 8. The van der Waals surface area contributed by atoms with Crippen LogP contribution in [0.25, 0.3) is 41.4 Å². The lowest BCUT2D eigenvalue weighted by Gasteiger charge is -2.39. The molecule has 17 heterocycles. The van der Waals surface area contributed by atoms with E-state index in [4.69, 9.17) is 63.6 Å². The van der Waals surface area contributed by atoms with E-state index in [1.54, 1.807) is 61.5 Å². The van der Waals surface area contributed by atoms with Crippen molar-refractivity contribution in [3.8, 4) is 0 Å². The Morgan fingerprint density at radius 2 is 0.659 bits per heavy atom. The lowest BCUT2D eigenvalue weighted by molar-refractivity contribution is 0.00788. The number of fused-ring (bicyclic) bond motifs is 4. The number of hydrogen-bond acceptors (Lipinski definition) is 37. The third-order valence-corrected chi connectivity index (χ3v) is 31.0. The number of morpholine rings is 4. The van der Waals surface area contributed by atoms with E-state index in [0.29, 0.717) is 94.2 Å². The molecule has 37 nitrogen and oxygen atoms in total. The van der Waals surface area contributed by atoms with Crippen molar-refractivity contribution in [2.24, 2.45) is 21.1 Å². The van der Waals surface area contributed by atoms with E-state index in [1.807, 2.05) is 56.1 Å². The molecule has 0 amide bonds. The molecule has 43 heteroatoms. The predicted molar refractivity (Wildman–Crippen MR) is 513 cm³/mol. The van der Waals surface area contributed by atoms with Crippen LogP contribution in [-0.2, 0) is 56.2 Å².